The summed E-state index contributed by atoms with van der Waals surface area (Å²) in [6.45, 7) is 3.20. The molecule has 0 bridgehead atoms. The van der Waals surface area contributed by atoms with Gasteiger partial charge in [-0.15, -0.1) is 0 Å². The van der Waals surface area contributed by atoms with E-state index in [1.807, 2.05) is 6.26 Å². The highest BCUT2D eigenvalue weighted by Crippen LogP contribution is 2.17. The number of hydrogen-bond donors (Lipinski definition) is 3. The van der Waals surface area contributed by atoms with E-state index in [4.69, 9.17) is 0 Å². The summed E-state index contributed by atoms with van der Waals surface area (Å²) in [5, 5.41) is 6.84. The number of nitrogens with zero attached hydrogens (tertiary/aromatic N) is 2. The lowest BCUT2D eigenvalue weighted by atomic mass is 10.4. The van der Waals surface area contributed by atoms with Crippen molar-refractivity contribution in [1.82, 2.24) is 14.7 Å². The molecule has 1 aromatic rings. The molecule has 0 saturated heterocycles. The second kappa shape index (κ2) is 8.28. The van der Waals surface area contributed by atoms with Crippen molar-refractivity contribution in [2.75, 3.05) is 42.8 Å². The average Bonchev–Trinajstić information content (AvgIpc) is 2.44. The Kier molecular flexibility index (Phi) is 7.03. The van der Waals surface area contributed by atoms with Crippen LogP contribution in [0.4, 0.5) is 11.6 Å². The topological polar surface area (TPSA) is 96.0 Å². The predicted molar refractivity (Wildman–Crippen MR) is 83.9 cm³/mol. The summed E-state index contributed by atoms with van der Waals surface area (Å²) in [4.78, 5) is 8.62. The van der Waals surface area contributed by atoms with Crippen molar-refractivity contribution >= 4 is 33.4 Å². The first-order valence-corrected chi connectivity index (χ1v) is 9.20. The molecule has 0 saturated carbocycles. The SMILES string of the molecule is CCCNc1cc(NCCS(=O)(=O)NC)nc(SC)n1. The Bertz CT molecular complexity index is 522. The van der Waals surface area contributed by atoms with Gasteiger partial charge in [-0.2, -0.15) is 0 Å². The maximum Gasteiger partial charge on any atom is 0.213 e. The van der Waals surface area contributed by atoms with Crippen LogP contribution in [-0.2, 0) is 10.0 Å². The standard InChI is InChI=1S/C11H21N5O2S2/c1-4-5-13-9-8-10(16-11(15-9)19-3)14-6-7-20(17,18)12-2/h8,12H,4-7H2,1-3H3,(H2,13,14,15,16). The van der Waals surface area contributed by atoms with Crippen LogP contribution in [0.2, 0.25) is 0 Å². The van der Waals surface area contributed by atoms with E-state index in [1.54, 1.807) is 6.07 Å². The molecular weight excluding hydrogens is 298 g/mol. The number of sulfonamides is 1. The molecule has 20 heavy (non-hydrogen) atoms. The molecule has 1 aromatic heterocycles. The van der Waals surface area contributed by atoms with Gasteiger partial charge in [-0.3, -0.25) is 0 Å². The molecule has 0 atom stereocenters. The van der Waals surface area contributed by atoms with Crippen molar-refractivity contribution in [3.63, 3.8) is 0 Å². The summed E-state index contributed by atoms with van der Waals surface area (Å²) in [5.74, 6) is 1.36. The molecule has 0 aliphatic carbocycles. The summed E-state index contributed by atoms with van der Waals surface area (Å²) in [7, 11) is -1.80. The Labute approximate surface area is 124 Å². The highest BCUT2D eigenvalue weighted by molar-refractivity contribution is 7.98. The second-order valence-electron chi connectivity index (χ2n) is 4.00. The Morgan fingerprint density at radius 2 is 1.80 bits per heavy atom. The molecule has 114 valence electrons. The smallest absolute Gasteiger partial charge is 0.213 e. The summed E-state index contributed by atoms with van der Waals surface area (Å²) in [5.41, 5.74) is 0. The molecule has 0 aliphatic rings. The molecule has 0 aromatic carbocycles. The van der Waals surface area contributed by atoms with Crippen LogP contribution in [0.1, 0.15) is 13.3 Å². The molecule has 0 aliphatic heterocycles. The number of nitrogens with one attached hydrogen (secondary N) is 3. The first kappa shape index (κ1) is 17.0. The van der Waals surface area contributed by atoms with Gasteiger partial charge in [0.25, 0.3) is 0 Å². The van der Waals surface area contributed by atoms with Crippen molar-refractivity contribution in [2.45, 2.75) is 18.5 Å². The largest absolute Gasteiger partial charge is 0.370 e. The van der Waals surface area contributed by atoms with Crippen molar-refractivity contribution < 1.29 is 8.42 Å². The van der Waals surface area contributed by atoms with Crippen LogP contribution < -0.4 is 15.4 Å². The zero-order valence-electron chi connectivity index (χ0n) is 11.9. The first-order chi connectivity index (χ1) is 9.50. The van der Waals surface area contributed by atoms with Gasteiger partial charge in [-0.1, -0.05) is 18.7 Å². The number of thioether (sulfide) groups is 1. The lowest BCUT2D eigenvalue weighted by Crippen LogP contribution is -2.26. The lowest BCUT2D eigenvalue weighted by molar-refractivity contribution is 0.588. The molecule has 0 radical (unpaired) electrons. The molecule has 7 nitrogen and oxygen atoms in total. The van der Waals surface area contributed by atoms with Crippen molar-refractivity contribution in [1.29, 1.82) is 0 Å². The highest BCUT2D eigenvalue weighted by Gasteiger charge is 2.08. The minimum absolute atomic E-state index is 0.000173. The van der Waals surface area contributed by atoms with Gasteiger partial charge in [-0.25, -0.2) is 23.1 Å². The zero-order valence-corrected chi connectivity index (χ0v) is 13.6. The number of hydrogen-bond acceptors (Lipinski definition) is 7. The van der Waals surface area contributed by atoms with Crippen LogP contribution in [0.5, 0.6) is 0 Å². The minimum atomic E-state index is -3.21. The monoisotopic (exact) mass is 319 g/mol. The molecule has 0 unspecified atom stereocenters. The van der Waals surface area contributed by atoms with Gasteiger partial charge in [0.05, 0.1) is 5.75 Å². The van der Waals surface area contributed by atoms with E-state index in [0.29, 0.717) is 17.5 Å². The van der Waals surface area contributed by atoms with Crippen LogP contribution in [0.15, 0.2) is 11.2 Å². The fourth-order valence-electron chi connectivity index (χ4n) is 1.37. The molecule has 3 N–H and O–H groups in total. The van der Waals surface area contributed by atoms with Gasteiger partial charge in [0.2, 0.25) is 10.0 Å². The number of rotatable bonds is 9. The van der Waals surface area contributed by atoms with Crippen molar-refractivity contribution in [3.05, 3.63) is 6.07 Å². The maximum absolute atomic E-state index is 11.3. The Morgan fingerprint density at radius 3 is 2.30 bits per heavy atom. The van der Waals surface area contributed by atoms with Gasteiger partial charge < -0.3 is 10.6 Å². The molecular formula is C11H21N5O2S2. The molecule has 1 rings (SSSR count). The van der Waals surface area contributed by atoms with E-state index in [-0.39, 0.29) is 5.75 Å². The van der Waals surface area contributed by atoms with E-state index >= 15 is 0 Å². The average molecular weight is 319 g/mol. The van der Waals surface area contributed by atoms with E-state index in [1.165, 1.54) is 18.8 Å². The van der Waals surface area contributed by atoms with E-state index in [0.717, 1.165) is 18.8 Å². The summed E-state index contributed by atoms with van der Waals surface area (Å²) >= 11 is 1.44. The third-order valence-electron chi connectivity index (χ3n) is 2.43. The van der Waals surface area contributed by atoms with Gasteiger partial charge in [-0.05, 0) is 19.7 Å². The van der Waals surface area contributed by atoms with Crippen LogP contribution in [0, 0.1) is 0 Å². The van der Waals surface area contributed by atoms with Gasteiger partial charge in [0.15, 0.2) is 5.16 Å². The van der Waals surface area contributed by atoms with Crippen LogP contribution in [0.3, 0.4) is 0 Å². The van der Waals surface area contributed by atoms with E-state index in [9.17, 15) is 8.42 Å². The van der Waals surface area contributed by atoms with Crippen LogP contribution >= 0.6 is 11.8 Å². The molecule has 0 amide bonds. The first-order valence-electron chi connectivity index (χ1n) is 6.32. The maximum atomic E-state index is 11.3. The zero-order chi connectivity index (χ0) is 15.0. The summed E-state index contributed by atoms with van der Waals surface area (Å²) in [6.07, 6.45) is 2.90. The molecule has 1 heterocycles. The van der Waals surface area contributed by atoms with Crippen LogP contribution in [0.25, 0.3) is 0 Å². The van der Waals surface area contributed by atoms with E-state index < -0.39 is 10.0 Å². The third kappa shape index (κ3) is 5.93. The fourth-order valence-corrected chi connectivity index (χ4v) is 2.32. The normalized spacial score (nSPS) is 11.3. The Morgan fingerprint density at radius 1 is 1.20 bits per heavy atom. The summed E-state index contributed by atoms with van der Waals surface area (Å²) < 4.78 is 24.9. The van der Waals surface area contributed by atoms with Crippen molar-refractivity contribution in [3.8, 4) is 0 Å². The van der Waals surface area contributed by atoms with E-state index in [2.05, 4.69) is 32.2 Å². The molecule has 9 heteroatoms. The third-order valence-corrected chi connectivity index (χ3v) is 4.34. The second-order valence-corrected chi connectivity index (χ2v) is 6.82. The summed E-state index contributed by atoms with van der Waals surface area (Å²) in [6, 6.07) is 1.78. The Balaban J connectivity index is 2.68. The number of anilines is 2. The van der Waals surface area contributed by atoms with Gasteiger partial charge in [0, 0.05) is 19.2 Å². The van der Waals surface area contributed by atoms with Crippen LogP contribution in [-0.4, -0.2) is 50.5 Å². The fraction of sp³-hybridized carbons (Fsp3) is 0.636. The highest BCUT2D eigenvalue weighted by atomic mass is 32.2. The Hall–Kier alpha value is -1.06. The number of aromatic nitrogens is 2. The van der Waals surface area contributed by atoms with Gasteiger partial charge >= 0.3 is 0 Å². The quantitative estimate of drug-likeness (QED) is 0.461. The lowest BCUT2D eigenvalue weighted by Gasteiger charge is -2.10. The molecule has 0 fully saturated rings. The van der Waals surface area contributed by atoms with Crippen molar-refractivity contribution in [2.24, 2.45) is 0 Å². The molecule has 0 spiro atoms. The minimum Gasteiger partial charge on any atom is -0.370 e. The predicted octanol–water partition coefficient (Wildman–Crippen LogP) is 0.981. The van der Waals surface area contributed by atoms with Gasteiger partial charge in [0.1, 0.15) is 11.6 Å².